The molecule has 13 nitrogen and oxygen atoms in total. The molecule has 0 aromatic rings. The van der Waals surface area contributed by atoms with Gasteiger partial charge in [-0.05, 0) is 38.6 Å². The van der Waals surface area contributed by atoms with Gasteiger partial charge in [0.1, 0.15) is 18.1 Å². The van der Waals surface area contributed by atoms with Crippen LogP contribution in [0.1, 0.15) is 32.1 Å². The Labute approximate surface area is 186 Å². The molecule has 0 bridgehead atoms. The number of nitrogens with zero attached hydrogens (tertiary/aromatic N) is 1. The van der Waals surface area contributed by atoms with Gasteiger partial charge in [-0.15, -0.1) is 0 Å². The molecule has 0 aliphatic rings. The van der Waals surface area contributed by atoms with Gasteiger partial charge in [-0.25, -0.2) is 4.79 Å². The fourth-order valence-electron chi connectivity index (χ4n) is 2.52. The fraction of sp³-hybridized carbons (Fsp3) is 0.706. The van der Waals surface area contributed by atoms with E-state index in [2.05, 4.69) is 33.6 Å². The minimum absolute atomic E-state index is 0.115. The molecule has 0 aliphatic carbocycles. The second kappa shape index (κ2) is 16.2. The van der Waals surface area contributed by atoms with E-state index < -0.39 is 41.8 Å². The van der Waals surface area contributed by atoms with Crippen molar-refractivity contribution in [2.75, 3.05) is 25.4 Å². The Morgan fingerprint density at radius 3 is 1.90 bits per heavy atom. The number of carboxylic acids is 1. The predicted octanol–water partition coefficient (Wildman–Crippen LogP) is -3.40. The van der Waals surface area contributed by atoms with Crippen LogP contribution in [-0.2, 0) is 19.2 Å². The molecule has 0 saturated carbocycles. The topological polar surface area (TPSA) is 241 Å². The van der Waals surface area contributed by atoms with Gasteiger partial charge < -0.3 is 44.0 Å². The summed E-state index contributed by atoms with van der Waals surface area (Å²) in [7, 11) is 0. The molecule has 3 amide bonds. The van der Waals surface area contributed by atoms with Crippen molar-refractivity contribution < 1.29 is 24.3 Å². The molecule has 3 atom stereocenters. The lowest BCUT2D eigenvalue weighted by Gasteiger charge is -2.24. The number of unbranched alkanes of at least 4 members (excludes halogenated alkanes) is 1. The van der Waals surface area contributed by atoms with Crippen molar-refractivity contribution in [1.29, 1.82) is 0 Å². The largest absolute Gasteiger partial charge is 0.480 e. The van der Waals surface area contributed by atoms with Gasteiger partial charge in [-0.1, -0.05) is 0 Å². The number of aliphatic carboxylic acids is 1. The van der Waals surface area contributed by atoms with E-state index in [9.17, 15) is 19.2 Å². The molecule has 0 saturated heterocycles. The number of nitrogens with two attached hydrogens (primary N) is 4. The molecule has 31 heavy (non-hydrogen) atoms. The van der Waals surface area contributed by atoms with Gasteiger partial charge >= 0.3 is 5.97 Å². The molecule has 12 N–H and O–H groups in total. The molecule has 0 rings (SSSR count). The molecule has 0 fully saturated rings. The summed E-state index contributed by atoms with van der Waals surface area (Å²) in [5.74, 6) is -3.34. The first-order chi connectivity index (χ1) is 14.7. The molecule has 0 spiro atoms. The average molecular weight is 463 g/mol. The van der Waals surface area contributed by atoms with Crippen molar-refractivity contribution >= 4 is 42.3 Å². The predicted molar refractivity (Wildman–Crippen MR) is 119 cm³/mol. The standard InChI is InChI=1S/C17H34N8O5S/c18-6-2-1-4-10(23-13(26)8-19)14(27)24-11(5-3-7-22-17(20)21)15(28)25-12(9-31)16(29)30/h10-12,31H,1-9,18-19H2,(H,23,26)(H,24,27)(H,25,28)(H,29,30)(H4,20,21,22). The number of carbonyl (C=O) groups is 4. The first-order valence-corrected chi connectivity index (χ1v) is 10.5. The summed E-state index contributed by atoms with van der Waals surface area (Å²) in [5.41, 5.74) is 21.3. The van der Waals surface area contributed by atoms with E-state index >= 15 is 0 Å². The number of nitrogens with one attached hydrogen (secondary N) is 3. The van der Waals surface area contributed by atoms with E-state index in [1.165, 1.54) is 0 Å². The molecule has 14 heteroatoms. The normalized spacial score (nSPS) is 13.4. The van der Waals surface area contributed by atoms with Gasteiger partial charge in [0.15, 0.2) is 5.96 Å². The number of thiol groups is 1. The molecule has 3 unspecified atom stereocenters. The Balaban J connectivity index is 5.32. The lowest BCUT2D eigenvalue weighted by atomic mass is 10.1. The smallest absolute Gasteiger partial charge is 0.327 e. The van der Waals surface area contributed by atoms with Crippen molar-refractivity contribution in [1.82, 2.24) is 16.0 Å². The van der Waals surface area contributed by atoms with Gasteiger partial charge in [0.2, 0.25) is 17.7 Å². The zero-order chi connectivity index (χ0) is 23.8. The number of carboxylic acid groups (broad SMARTS) is 1. The Kier molecular flexibility index (Phi) is 14.8. The molecule has 0 aliphatic heterocycles. The van der Waals surface area contributed by atoms with Gasteiger partial charge in [0.25, 0.3) is 0 Å². The Morgan fingerprint density at radius 1 is 0.871 bits per heavy atom. The Bertz CT molecular complexity index is 630. The van der Waals surface area contributed by atoms with Crippen LogP contribution in [-0.4, -0.2) is 78.3 Å². The molecule has 0 heterocycles. The van der Waals surface area contributed by atoms with E-state index in [-0.39, 0.29) is 31.2 Å². The number of guanidine groups is 1. The minimum Gasteiger partial charge on any atom is -0.480 e. The minimum atomic E-state index is -1.26. The summed E-state index contributed by atoms with van der Waals surface area (Å²) in [5, 5.41) is 16.5. The highest BCUT2D eigenvalue weighted by atomic mass is 32.1. The van der Waals surface area contributed by atoms with Crippen LogP contribution in [0.5, 0.6) is 0 Å². The van der Waals surface area contributed by atoms with Crippen molar-refractivity contribution in [3.8, 4) is 0 Å². The van der Waals surface area contributed by atoms with E-state index in [4.69, 9.17) is 28.0 Å². The SMILES string of the molecule is NCCCCC(NC(=O)CN)C(=O)NC(CCCN=C(N)N)C(=O)NC(CS)C(=O)O. The summed E-state index contributed by atoms with van der Waals surface area (Å²) in [6.45, 7) is 0.335. The van der Waals surface area contributed by atoms with Gasteiger partial charge in [-0.3, -0.25) is 19.4 Å². The number of hydrogen-bond donors (Lipinski definition) is 9. The van der Waals surface area contributed by atoms with Crippen molar-refractivity contribution in [2.45, 2.75) is 50.2 Å². The van der Waals surface area contributed by atoms with Crippen LogP contribution in [0.2, 0.25) is 0 Å². The fourth-order valence-corrected chi connectivity index (χ4v) is 2.76. The summed E-state index contributed by atoms with van der Waals surface area (Å²) < 4.78 is 0. The maximum absolute atomic E-state index is 12.8. The van der Waals surface area contributed by atoms with Crippen molar-refractivity contribution in [3.63, 3.8) is 0 Å². The highest BCUT2D eigenvalue weighted by molar-refractivity contribution is 7.80. The highest BCUT2D eigenvalue weighted by Gasteiger charge is 2.28. The number of amides is 3. The summed E-state index contributed by atoms with van der Waals surface area (Å²) in [6, 6.07) is -3.23. The first-order valence-electron chi connectivity index (χ1n) is 9.85. The number of carbonyl (C=O) groups excluding carboxylic acids is 3. The first kappa shape index (κ1) is 28.4. The van der Waals surface area contributed by atoms with E-state index in [1.807, 2.05) is 0 Å². The third-order valence-electron chi connectivity index (χ3n) is 4.16. The van der Waals surface area contributed by atoms with Crippen LogP contribution >= 0.6 is 12.6 Å². The van der Waals surface area contributed by atoms with Crippen LogP contribution in [0.3, 0.4) is 0 Å². The Morgan fingerprint density at radius 2 is 1.42 bits per heavy atom. The van der Waals surface area contributed by atoms with E-state index in [1.54, 1.807) is 0 Å². The second-order valence-corrected chi connectivity index (χ2v) is 7.07. The van der Waals surface area contributed by atoms with E-state index in [0.717, 1.165) is 0 Å². The van der Waals surface area contributed by atoms with Gasteiger partial charge in [-0.2, -0.15) is 12.6 Å². The molecule has 0 radical (unpaired) electrons. The van der Waals surface area contributed by atoms with Crippen LogP contribution in [0.25, 0.3) is 0 Å². The summed E-state index contributed by atoms with van der Waals surface area (Å²) in [4.78, 5) is 52.1. The Hall–Kier alpha value is -2.58. The molecular weight excluding hydrogens is 428 g/mol. The molecule has 178 valence electrons. The maximum atomic E-state index is 12.8. The third kappa shape index (κ3) is 12.7. The second-order valence-electron chi connectivity index (χ2n) is 6.70. The maximum Gasteiger partial charge on any atom is 0.327 e. The molecular formula is C17H34N8O5S. The highest BCUT2D eigenvalue weighted by Crippen LogP contribution is 2.05. The van der Waals surface area contributed by atoms with Crippen molar-refractivity contribution in [3.05, 3.63) is 0 Å². The van der Waals surface area contributed by atoms with Gasteiger partial charge in [0, 0.05) is 12.3 Å². The monoisotopic (exact) mass is 462 g/mol. The van der Waals surface area contributed by atoms with Gasteiger partial charge in [0.05, 0.1) is 6.54 Å². The average Bonchev–Trinajstić information content (AvgIpc) is 2.72. The molecule has 0 aromatic carbocycles. The van der Waals surface area contributed by atoms with Crippen LogP contribution in [0, 0.1) is 0 Å². The molecule has 0 aromatic heterocycles. The zero-order valence-corrected chi connectivity index (χ0v) is 18.3. The summed E-state index contributed by atoms with van der Waals surface area (Å²) in [6.07, 6.45) is 1.98. The number of aliphatic imine (C=N–C) groups is 1. The number of rotatable bonds is 16. The third-order valence-corrected chi connectivity index (χ3v) is 4.52. The van der Waals surface area contributed by atoms with E-state index in [0.29, 0.717) is 32.2 Å². The van der Waals surface area contributed by atoms with Crippen LogP contribution < -0.4 is 38.9 Å². The lowest BCUT2D eigenvalue weighted by Crippen LogP contribution is -2.56. The van der Waals surface area contributed by atoms with Crippen LogP contribution in [0.15, 0.2) is 4.99 Å². The quantitative estimate of drug-likeness (QED) is 0.0479. The lowest BCUT2D eigenvalue weighted by molar-refractivity contribution is -0.141. The van der Waals surface area contributed by atoms with Crippen LogP contribution in [0.4, 0.5) is 0 Å². The number of hydrogen-bond acceptors (Lipinski definition) is 8. The zero-order valence-electron chi connectivity index (χ0n) is 17.4. The van der Waals surface area contributed by atoms with Crippen molar-refractivity contribution in [2.24, 2.45) is 27.9 Å². The summed E-state index contributed by atoms with van der Waals surface area (Å²) >= 11 is 3.91.